The Hall–Kier alpha value is -1.75. The minimum absolute atomic E-state index is 0.0794. The van der Waals surface area contributed by atoms with Crippen molar-refractivity contribution >= 4 is 23.6 Å². The molecule has 1 fully saturated rings. The Morgan fingerprint density at radius 1 is 1.43 bits per heavy atom. The fourth-order valence-electron chi connectivity index (χ4n) is 2.42. The Kier molecular flexibility index (Phi) is 5.44. The van der Waals surface area contributed by atoms with Gasteiger partial charge >= 0.3 is 6.09 Å². The van der Waals surface area contributed by atoms with Crippen LogP contribution in [0, 0.1) is 0 Å². The first-order valence-electron chi connectivity index (χ1n) is 7.09. The number of halogens is 1. The van der Waals surface area contributed by atoms with Gasteiger partial charge in [0.25, 0.3) is 5.91 Å². The van der Waals surface area contributed by atoms with E-state index in [1.165, 1.54) is 0 Å². The molecule has 0 saturated carbocycles. The van der Waals surface area contributed by atoms with Gasteiger partial charge in [0, 0.05) is 19.1 Å². The fourth-order valence-corrected chi connectivity index (χ4v) is 2.64. The maximum Gasteiger partial charge on any atom is 0.407 e. The number of carbonyl (C=O) groups excluding carboxylic acids is 2. The highest BCUT2D eigenvalue weighted by molar-refractivity contribution is 6.33. The molecule has 0 aliphatic carbocycles. The Bertz CT molecular complexity index is 521. The lowest BCUT2D eigenvalue weighted by Gasteiger charge is -2.33. The molecule has 0 bridgehead atoms. The predicted molar refractivity (Wildman–Crippen MR) is 80.5 cm³/mol. The molecule has 1 N–H and O–H groups in total. The number of alkyl carbamates (subject to hydrolysis) is 1. The van der Waals surface area contributed by atoms with E-state index in [-0.39, 0.29) is 11.9 Å². The number of nitrogens with one attached hydrogen (secondary N) is 1. The van der Waals surface area contributed by atoms with Crippen LogP contribution < -0.4 is 5.32 Å². The van der Waals surface area contributed by atoms with Gasteiger partial charge in [-0.2, -0.15) is 0 Å². The van der Waals surface area contributed by atoms with Crippen LogP contribution in [0.2, 0.25) is 5.02 Å². The van der Waals surface area contributed by atoms with E-state index in [4.69, 9.17) is 16.3 Å². The summed E-state index contributed by atoms with van der Waals surface area (Å²) in [5.41, 5.74) is 0.496. The van der Waals surface area contributed by atoms with Crippen LogP contribution >= 0.6 is 11.6 Å². The van der Waals surface area contributed by atoms with Crippen LogP contribution in [0.4, 0.5) is 4.79 Å². The molecule has 1 aromatic carbocycles. The van der Waals surface area contributed by atoms with Crippen molar-refractivity contribution in [1.29, 1.82) is 0 Å². The summed E-state index contributed by atoms with van der Waals surface area (Å²) in [6, 6.07) is 6.92. The molecule has 21 heavy (non-hydrogen) atoms. The van der Waals surface area contributed by atoms with Crippen molar-refractivity contribution in [3.05, 3.63) is 34.9 Å². The summed E-state index contributed by atoms with van der Waals surface area (Å²) in [7, 11) is 0. The largest absolute Gasteiger partial charge is 0.450 e. The normalized spacial score (nSPS) is 18.2. The molecular formula is C15H19ClN2O3. The van der Waals surface area contributed by atoms with Crippen molar-refractivity contribution in [2.45, 2.75) is 25.8 Å². The number of benzene rings is 1. The molecular weight excluding hydrogens is 292 g/mol. The molecule has 0 spiro atoms. The lowest BCUT2D eigenvalue weighted by Crippen LogP contribution is -2.49. The fraction of sp³-hybridized carbons (Fsp3) is 0.467. The molecule has 114 valence electrons. The minimum Gasteiger partial charge on any atom is -0.450 e. The molecule has 6 heteroatoms. The molecule has 2 rings (SSSR count). The molecule has 0 radical (unpaired) electrons. The second kappa shape index (κ2) is 7.31. The number of ether oxygens (including phenoxy) is 1. The van der Waals surface area contributed by atoms with Crippen LogP contribution in [0.25, 0.3) is 0 Å². The van der Waals surface area contributed by atoms with Gasteiger partial charge in [-0.3, -0.25) is 4.79 Å². The quantitative estimate of drug-likeness (QED) is 0.934. The van der Waals surface area contributed by atoms with E-state index in [0.717, 1.165) is 12.8 Å². The molecule has 1 heterocycles. The maximum absolute atomic E-state index is 12.5. The number of nitrogens with zero attached hydrogens (tertiary/aromatic N) is 1. The topological polar surface area (TPSA) is 58.6 Å². The number of piperidine rings is 1. The van der Waals surface area contributed by atoms with Crippen LogP contribution in [0.1, 0.15) is 30.1 Å². The summed E-state index contributed by atoms with van der Waals surface area (Å²) in [4.78, 5) is 25.7. The highest BCUT2D eigenvalue weighted by Gasteiger charge is 2.26. The summed E-state index contributed by atoms with van der Waals surface area (Å²) in [6.45, 7) is 3.24. The highest BCUT2D eigenvalue weighted by Crippen LogP contribution is 2.20. The average Bonchev–Trinajstić information content (AvgIpc) is 2.47. The Morgan fingerprint density at radius 3 is 2.90 bits per heavy atom. The van der Waals surface area contributed by atoms with Crippen LogP contribution in [-0.4, -0.2) is 42.6 Å². The van der Waals surface area contributed by atoms with E-state index in [1.54, 1.807) is 36.1 Å². The van der Waals surface area contributed by atoms with E-state index in [2.05, 4.69) is 5.32 Å². The van der Waals surface area contributed by atoms with E-state index in [9.17, 15) is 9.59 Å². The molecule has 1 aliphatic rings. The average molecular weight is 311 g/mol. The maximum atomic E-state index is 12.5. The highest BCUT2D eigenvalue weighted by atomic mass is 35.5. The van der Waals surface area contributed by atoms with E-state index in [1.807, 2.05) is 0 Å². The number of carbonyl (C=O) groups is 2. The lowest BCUT2D eigenvalue weighted by molar-refractivity contribution is 0.0686. The predicted octanol–water partition coefficient (Wildman–Crippen LogP) is 2.69. The van der Waals surface area contributed by atoms with Gasteiger partial charge in [0.2, 0.25) is 0 Å². The number of likely N-dealkylation sites (tertiary alicyclic amines) is 1. The first kappa shape index (κ1) is 15.6. The van der Waals surface area contributed by atoms with Gasteiger partial charge in [-0.05, 0) is 31.9 Å². The summed E-state index contributed by atoms with van der Waals surface area (Å²) in [5, 5.41) is 3.23. The van der Waals surface area contributed by atoms with Crippen LogP contribution in [0.15, 0.2) is 24.3 Å². The molecule has 1 aliphatic heterocycles. The second-order valence-electron chi connectivity index (χ2n) is 4.93. The Morgan fingerprint density at radius 2 is 2.19 bits per heavy atom. The molecule has 1 atom stereocenters. The smallest absolute Gasteiger partial charge is 0.407 e. The molecule has 0 aromatic heterocycles. The Balaban J connectivity index is 1.99. The molecule has 1 saturated heterocycles. The first-order chi connectivity index (χ1) is 10.1. The third-order valence-electron chi connectivity index (χ3n) is 3.41. The van der Waals surface area contributed by atoms with Crippen molar-refractivity contribution < 1.29 is 14.3 Å². The zero-order chi connectivity index (χ0) is 15.2. The van der Waals surface area contributed by atoms with Crippen molar-refractivity contribution in [3.63, 3.8) is 0 Å². The van der Waals surface area contributed by atoms with Gasteiger partial charge in [0.05, 0.1) is 17.2 Å². The first-order valence-corrected chi connectivity index (χ1v) is 7.46. The summed E-state index contributed by atoms with van der Waals surface area (Å²) in [5.74, 6) is -0.101. The zero-order valence-electron chi connectivity index (χ0n) is 12.0. The molecule has 2 amide bonds. The summed E-state index contributed by atoms with van der Waals surface area (Å²) >= 11 is 6.06. The van der Waals surface area contributed by atoms with E-state index >= 15 is 0 Å². The molecule has 1 aromatic rings. The van der Waals surface area contributed by atoms with Gasteiger partial charge in [0.1, 0.15) is 0 Å². The molecule has 5 nitrogen and oxygen atoms in total. The van der Waals surface area contributed by atoms with E-state index < -0.39 is 6.09 Å². The van der Waals surface area contributed by atoms with Crippen molar-refractivity contribution in [3.8, 4) is 0 Å². The standard InChI is InChI=1S/C15H19ClN2O3/c1-2-21-15(20)17-11-6-5-9-18(10-11)14(19)12-7-3-4-8-13(12)16/h3-4,7-8,11H,2,5-6,9-10H2,1H3,(H,17,20)/t11-/m1/s1. The minimum atomic E-state index is -0.436. The number of hydrogen-bond acceptors (Lipinski definition) is 3. The SMILES string of the molecule is CCOC(=O)N[C@@H]1CCCN(C(=O)c2ccccc2Cl)C1. The van der Waals surface area contributed by atoms with Gasteiger partial charge in [0.15, 0.2) is 0 Å². The van der Waals surface area contributed by atoms with Crippen LogP contribution in [0.5, 0.6) is 0 Å². The monoisotopic (exact) mass is 310 g/mol. The number of amides is 2. The van der Waals surface area contributed by atoms with Crippen molar-refractivity contribution in [2.75, 3.05) is 19.7 Å². The van der Waals surface area contributed by atoms with E-state index in [0.29, 0.717) is 30.3 Å². The summed E-state index contributed by atoms with van der Waals surface area (Å²) in [6.07, 6.45) is 1.24. The Labute approximate surface area is 129 Å². The van der Waals surface area contributed by atoms with Gasteiger partial charge in [-0.1, -0.05) is 23.7 Å². The third kappa shape index (κ3) is 4.11. The second-order valence-corrected chi connectivity index (χ2v) is 5.34. The van der Waals surface area contributed by atoms with Gasteiger partial charge in [-0.25, -0.2) is 4.79 Å². The summed E-state index contributed by atoms with van der Waals surface area (Å²) < 4.78 is 4.87. The lowest BCUT2D eigenvalue weighted by atomic mass is 10.0. The van der Waals surface area contributed by atoms with Crippen LogP contribution in [0.3, 0.4) is 0 Å². The van der Waals surface area contributed by atoms with Crippen molar-refractivity contribution in [1.82, 2.24) is 10.2 Å². The number of rotatable bonds is 3. The van der Waals surface area contributed by atoms with Crippen LogP contribution in [-0.2, 0) is 4.74 Å². The third-order valence-corrected chi connectivity index (χ3v) is 3.74. The molecule has 0 unspecified atom stereocenters. The van der Waals surface area contributed by atoms with Gasteiger partial charge < -0.3 is 15.0 Å². The zero-order valence-corrected chi connectivity index (χ0v) is 12.7. The van der Waals surface area contributed by atoms with Gasteiger partial charge in [-0.15, -0.1) is 0 Å². The number of hydrogen-bond donors (Lipinski definition) is 1. The van der Waals surface area contributed by atoms with Crippen molar-refractivity contribution in [2.24, 2.45) is 0 Å².